The van der Waals surface area contributed by atoms with Gasteiger partial charge >= 0.3 is 0 Å². The van der Waals surface area contributed by atoms with Gasteiger partial charge in [-0.1, -0.05) is 65.7 Å². The lowest BCUT2D eigenvalue weighted by Gasteiger charge is -2.64. The summed E-state index contributed by atoms with van der Waals surface area (Å²) in [5.74, 6) is 0.537. The molecule has 214 valence electrons. The van der Waals surface area contributed by atoms with Crippen LogP contribution in [0.2, 0.25) is 10.0 Å². The Morgan fingerprint density at radius 3 is 2.66 bits per heavy atom. The molecule has 3 aromatic rings. The first-order valence-corrected chi connectivity index (χ1v) is 15.2. The first-order chi connectivity index (χ1) is 19.7. The van der Waals surface area contributed by atoms with Crippen LogP contribution in [0.3, 0.4) is 0 Å². The highest BCUT2D eigenvalue weighted by Gasteiger charge is 2.73. The molecule has 2 N–H and O–H groups in total. The second-order valence-electron chi connectivity index (χ2n) is 12.2. The number of rotatable bonds is 6. The van der Waals surface area contributed by atoms with Crippen molar-refractivity contribution in [1.82, 2.24) is 9.80 Å². The number of likely N-dealkylation sites (N-methyl/N-ethyl adjacent to an activating group) is 1. The van der Waals surface area contributed by atoms with Crippen LogP contribution in [0.1, 0.15) is 41.5 Å². The molecule has 1 spiro atoms. The van der Waals surface area contributed by atoms with E-state index in [0.717, 1.165) is 36.2 Å². The van der Waals surface area contributed by atoms with Gasteiger partial charge < -0.3 is 19.8 Å². The summed E-state index contributed by atoms with van der Waals surface area (Å²) in [5.41, 5.74) is 2.45. The molecule has 0 aromatic heterocycles. The molecule has 1 saturated carbocycles. The van der Waals surface area contributed by atoms with Crippen LogP contribution in [-0.2, 0) is 29.5 Å². The second kappa shape index (κ2) is 9.91. The summed E-state index contributed by atoms with van der Waals surface area (Å²) in [7, 11) is 1.83. The molecule has 2 aliphatic carbocycles. The number of aromatic hydroxyl groups is 1. The molecule has 0 radical (unpaired) electrons. The minimum absolute atomic E-state index is 0.0492. The molecule has 2 heterocycles. The third-order valence-electron chi connectivity index (χ3n) is 10.3. The molecule has 1 saturated heterocycles. The minimum Gasteiger partial charge on any atom is -0.504 e. The van der Waals surface area contributed by atoms with Gasteiger partial charge in [0.05, 0.1) is 33.5 Å². The normalized spacial score (nSPS) is 29.5. The van der Waals surface area contributed by atoms with E-state index >= 15 is 0 Å². The lowest BCUT2D eigenvalue weighted by Crippen LogP contribution is -2.78. The summed E-state index contributed by atoms with van der Waals surface area (Å²) in [4.78, 5) is 17.8. The van der Waals surface area contributed by atoms with Crippen LogP contribution in [0.4, 0.5) is 0 Å². The molecule has 6 nitrogen and oxygen atoms in total. The molecule has 1 amide bonds. The largest absolute Gasteiger partial charge is 0.504 e. The van der Waals surface area contributed by atoms with E-state index in [0.29, 0.717) is 41.5 Å². The van der Waals surface area contributed by atoms with Crippen molar-refractivity contribution in [3.05, 3.63) is 93.0 Å². The maximum absolute atomic E-state index is 13.6. The summed E-state index contributed by atoms with van der Waals surface area (Å²) >= 11 is 12.3. The van der Waals surface area contributed by atoms with Crippen molar-refractivity contribution in [1.29, 1.82) is 0 Å². The zero-order valence-corrected chi connectivity index (χ0v) is 24.5. The molecular formula is C33H34Cl2N2O4. The van der Waals surface area contributed by atoms with E-state index in [4.69, 9.17) is 27.9 Å². The fourth-order valence-corrected chi connectivity index (χ4v) is 8.64. The van der Waals surface area contributed by atoms with Gasteiger partial charge in [-0.25, -0.2) is 0 Å². The number of hydrogen-bond donors (Lipinski definition) is 2. The highest BCUT2D eigenvalue weighted by molar-refractivity contribution is 6.42. The van der Waals surface area contributed by atoms with E-state index in [-0.39, 0.29) is 30.2 Å². The zero-order chi connectivity index (χ0) is 28.5. The Morgan fingerprint density at radius 2 is 1.88 bits per heavy atom. The zero-order valence-electron chi connectivity index (χ0n) is 23.0. The second-order valence-corrected chi connectivity index (χ2v) is 13.0. The van der Waals surface area contributed by atoms with Crippen LogP contribution in [0.5, 0.6) is 11.5 Å². The van der Waals surface area contributed by atoms with Gasteiger partial charge in [-0.3, -0.25) is 9.69 Å². The molecule has 41 heavy (non-hydrogen) atoms. The lowest BCUT2D eigenvalue weighted by molar-refractivity contribution is -0.199. The number of aliphatic hydroxyl groups is 1. The van der Waals surface area contributed by atoms with Crippen molar-refractivity contribution in [2.24, 2.45) is 0 Å². The van der Waals surface area contributed by atoms with Gasteiger partial charge in [0.2, 0.25) is 5.91 Å². The number of hydrogen-bond acceptors (Lipinski definition) is 5. The summed E-state index contributed by atoms with van der Waals surface area (Å²) < 4.78 is 6.65. The van der Waals surface area contributed by atoms with Gasteiger partial charge in [0.15, 0.2) is 11.5 Å². The smallest absolute Gasteiger partial charge is 0.227 e. The van der Waals surface area contributed by atoms with Crippen molar-refractivity contribution < 1.29 is 19.7 Å². The molecule has 0 unspecified atom stereocenters. The Balaban J connectivity index is 1.21. The van der Waals surface area contributed by atoms with Gasteiger partial charge in [0.1, 0.15) is 6.10 Å². The molecule has 3 aromatic carbocycles. The monoisotopic (exact) mass is 592 g/mol. The predicted octanol–water partition coefficient (Wildman–Crippen LogP) is 5.17. The van der Waals surface area contributed by atoms with Gasteiger partial charge in [0.25, 0.3) is 0 Å². The fraction of sp³-hybridized carbons (Fsp3) is 0.424. The highest BCUT2D eigenvalue weighted by Crippen LogP contribution is 2.65. The molecule has 2 bridgehead atoms. The number of carbonyl (C=O) groups excluding carboxylic acids is 1. The van der Waals surface area contributed by atoms with Crippen LogP contribution in [0.25, 0.3) is 0 Å². The van der Waals surface area contributed by atoms with E-state index in [2.05, 4.69) is 29.2 Å². The molecule has 2 fully saturated rings. The lowest BCUT2D eigenvalue weighted by atomic mass is 9.48. The number of nitrogens with zero attached hydrogens (tertiary/aromatic N) is 2. The first kappa shape index (κ1) is 27.1. The highest BCUT2D eigenvalue weighted by atomic mass is 35.5. The molecule has 7 rings (SSSR count). The Labute approximate surface area is 250 Å². The van der Waals surface area contributed by atoms with E-state index in [1.54, 1.807) is 23.1 Å². The number of phenolic OH excluding ortho intramolecular Hbond substituents is 1. The van der Waals surface area contributed by atoms with E-state index in [1.807, 2.05) is 25.2 Å². The number of amides is 1. The first-order valence-electron chi connectivity index (χ1n) is 14.4. The summed E-state index contributed by atoms with van der Waals surface area (Å²) in [5, 5.41) is 24.6. The average Bonchev–Trinajstić information content (AvgIpc) is 3.32. The standard InChI is InChI=1S/C33H34Cl2N2O4/c1-36(28(39)18-21-7-9-23(34)24(35)17-21)25-11-13-33(40)27-19-22-8-10-26(38)30-29(22)32(33,31(25)41-30)14-16-37(27)15-12-20-5-3-2-4-6-20/h2-10,17,25,27,31,38,40H,11-16,18-19H2,1H3/t25-,27-,31+,32+,33-/m1/s1. The number of piperidine rings is 1. The molecule has 5 atom stereocenters. The van der Waals surface area contributed by atoms with Crippen LogP contribution < -0.4 is 4.74 Å². The third kappa shape index (κ3) is 4.02. The Morgan fingerprint density at radius 1 is 1.07 bits per heavy atom. The summed E-state index contributed by atoms with van der Waals surface area (Å²) in [6.45, 7) is 1.69. The molecule has 8 heteroatoms. The topological polar surface area (TPSA) is 73.2 Å². The van der Waals surface area contributed by atoms with Crippen LogP contribution in [0, 0.1) is 0 Å². The van der Waals surface area contributed by atoms with Gasteiger partial charge in [0, 0.05) is 25.2 Å². The van der Waals surface area contributed by atoms with E-state index < -0.39 is 17.1 Å². The van der Waals surface area contributed by atoms with Crippen molar-refractivity contribution in [2.75, 3.05) is 20.1 Å². The van der Waals surface area contributed by atoms with Gasteiger partial charge in [-0.05, 0) is 73.5 Å². The number of likely N-dealkylation sites (tertiary alicyclic amines) is 1. The Kier molecular flexibility index (Phi) is 6.55. The summed E-state index contributed by atoms with van der Waals surface area (Å²) in [6, 6.07) is 19.1. The van der Waals surface area contributed by atoms with Crippen molar-refractivity contribution in [2.45, 2.75) is 67.7 Å². The average molecular weight is 594 g/mol. The van der Waals surface area contributed by atoms with Crippen molar-refractivity contribution >= 4 is 29.1 Å². The Hall–Kier alpha value is -2.77. The third-order valence-corrected chi connectivity index (χ3v) is 11.0. The van der Waals surface area contributed by atoms with E-state index in [1.165, 1.54) is 5.56 Å². The van der Waals surface area contributed by atoms with Gasteiger partial charge in [-0.15, -0.1) is 0 Å². The Bertz CT molecular complexity index is 1520. The van der Waals surface area contributed by atoms with Crippen LogP contribution in [-0.4, -0.2) is 69.8 Å². The number of benzene rings is 3. The predicted molar refractivity (Wildman–Crippen MR) is 159 cm³/mol. The quantitative estimate of drug-likeness (QED) is 0.413. The fourth-order valence-electron chi connectivity index (χ4n) is 8.32. The van der Waals surface area contributed by atoms with Gasteiger partial charge in [-0.2, -0.15) is 0 Å². The number of halogens is 2. The number of carbonyl (C=O) groups is 1. The molecule has 2 aliphatic heterocycles. The number of phenols is 1. The van der Waals surface area contributed by atoms with Crippen molar-refractivity contribution in [3.63, 3.8) is 0 Å². The van der Waals surface area contributed by atoms with Crippen molar-refractivity contribution in [3.8, 4) is 11.5 Å². The van der Waals surface area contributed by atoms with Crippen LogP contribution >= 0.6 is 23.2 Å². The SMILES string of the molecule is CN(C(=O)Cc1ccc(Cl)c(Cl)c1)[C@@H]1CC[C@@]2(O)[C@H]3Cc4ccc(O)c5c4[C@@]2(CCN3CCc2ccccc2)[C@H]1O5. The molecular weight excluding hydrogens is 559 g/mol. The van der Waals surface area contributed by atoms with E-state index in [9.17, 15) is 15.0 Å². The minimum atomic E-state index is -1.03. The molecule has 4 aliphatic rings. The maximum atomic E-state index is 13.6. The van der Waals surface area contributed by atoms with Crippen LogP contribution in [0.15, 0.2) is 60.7 Å². The number of ether oxygens (including phenoxy) is 1. The maximum Gasteiger partial charge on any atom is 0.227 e. The summed E-state index contributed by atoms with van der Waals surface area (Å²) in [6.07, 6.45) is 3.24.